The number of amides is 5. The Balaban J connectivity index is 1.45. The maximum absolute atomic E-state index is 12.6. The largest absolute Gasteiger partial charge is 0.335 e. The molecular weight excluding hydrogens is 394 g/mol. The van der Waals surface area contributed by atoms with Gasteiger partial charge in [0.15, 0.2) is 5.78 Å². The minimum absolute atomic E-state index is 0.00429. The zero-order chi connectivity index (χ0) is 20.5. The van der Waals surface area contributed by atoms with Gasteiger partial charge in [-0.1, -0.05) is 6.07 Å². The van der Waals surface area contributed by atoms with Gasteiger partial charge in [-0.15, -0.1) is 11.3 Å². The van der Waals surface area contributed by atoms with Gasteiger partial charge in [-0.05, 0) is 42.1 Å². The van der Waals surface area contributed by atoms with E-state index in [9.17, 15) is 24.0 Å². The minimum atomic E-state index is -1.00. The molecule has 0 spiro atoms. The molecule has 2 aliphatic rings. The van der Waals surface area contributed by atoms with Crippen LogP contribution in [0.15, 0.2) is 41.8 Å². The van der Waals surface area contributed by atoms with Gasteiger partial charge in [0.05, 0.1) is 13.1 Å². The number of Topliss-reactive ketones (excluding diaryl/α,β-unsaturated/α-hetero) is 1. The number of rotatable bonds is 6. The van der Waals surface area contributed by atoms with Crippen molar-refractivity contribution in [2.75, 3.05) is 18.0 Å². The van der Waals surface area contributed by atoms with E-state index in [1.807, 2.05) is 5.38 Å². The third-order valence-electron chi connectivity index (χ3n) is 4.91. The smallest absolute Gasteiger partial charge is 0.312 e. The van der Waals surface area contributed by atoms with Crippen LogP contribution in [-0.4, -0.2) is 52.4 Å². The summed E-state index contributed by atoms with van der Waals surface area (Å²) >= 11 is 1.37. The number of anilines is 1. The Kier molecular flexibility index (Phi) is 4.98. The molecule has 0 bridgehead atoms. The van der Waals surface area contributed by atoms with E-state index in [0.717, 1.165) is 16.2 Å². The van der Waals surface area contributed by atoms with E-state index in [0.29, 0.717) is 29.1 Å². The monoisotopic (exact) mass is 411 g/mol. The van der Waals surface area contributed by atoms with Crippen molar-refractivity contribution >= 4 is 46.6 Å². The normalized spacial score (nSPS) is 17.0. The van der Waals surface area contributed by atoms with Gasteiger partial charge < -0.3 is 4.90 Å². The quantitative estimate of drug-likeness (QED) is 0.412. The lowest BCUT2D eigenvalue weighted by Gasteiger charge is -2.16. The first-order valence-electron chi connectivity index (χ1n) is 9.09. The number of thiophene rings is 1. The van der Waals surface area contributed by atoms with E-state index in [2.05, 4.69) is 0 Å². The maximum Gasteiger partial charge on any atom is 0.335 e. The molecule has 2 aromatic rings. The van der Waals surface area contributed by atoms with Crippen LogP contribution in [-0.2, 0) is 20.9 Å². The van der Waals surface area contributed by atoms with E-state index in [1.165, 1.54) is 11.3 Å². The summed E-state index contributed by atoms with van der Waals surface area (Å²) in [6.07, 6.45) is 1.31. The number of carbonyl (C=O) groups is 5. The Morgan fingerprint density at radius 2 is 1.69 bits per heavy atom. The SMILES string of the molecule is O=C(CN1C(=O)C(=O)N(Cc2cccs2)C1=O)c1ccc(N2CCCC2=O)cc1. The van der Waals surface area contributed by atoms with Crippen LogP contribution in [0.3, 0.4) is 0 Å². The Labute approximate surface area is 170 Å². The number of ketones is 1. The van der Waals surface area contributed by atoms with Gasteiger partial charge in [0.2, 0.25) is 5.91 Å². The number of benzene rings is 1. The van der Waals surface area contributed by atoms with E-state index < -0.39 is 30.2 Å². The Bertz CT molecular complexity index is 1000. The molecule has 2 saturated heterocycles. The van der Waals surface area contributed by atoms with Crippen molar-refractivity contribution in [3.63, 3.8) is 0 Å². The van der Waals surface area contributed by atoms with Crippen molar-refractivity contribution in [3.05, 3.63) is 52.2 Å². The Hall–Kier alpha value is -3.33. The molecule has 148 valence electrons. The van der Waals surface area contributed by atoms with Gasteiger partial charge in [-0.25, -0.2) is 9.69 Å². The highest BCUT2D eigenvalue weighted by molar-refractivity contribution is 7.09. The summed E-state index contributed by atoms with van der Waals surface area (Å²) in [7, 11) is 0. The van der Waals surface area contributed by atoms with E-state index in [4.69, 9.17) is 0 Å². The van der Waals surface area contributed by atoms with Crippen molar-refractivity contribution in [3.8, 4) is 0 Å². The zero-order valence-electron chi connectivity index (χ0n) is 15.4. The van der Waals surface area contributed by atoms with Gasteiger partial charge in [-0.2, -0.15) is 0 Å². The second-order valence-electron chi connectivity index (χ2n) is 6.76. The molecule has 0 atom stereocenters. The molecule has 8 nitrogen and oxygen atoms in total. The number of nitrogens with zero attached hydrogens (tertiary/aromatic N) is 3. The van der Waals surface area contributed by atoms with Gasteiger partial charge in [-0.3, -0.25) is 24.1 Å². The summed E-state index contributed by atoms with van der Waals surface area (Å²) in [6, 6.07) is 9.19. The highest BCUT2D eigenvalue weighted by atomic mass is 32.1. The molecule has 4 rings (SSSR count). The fraction of sp³-hybridized carbons (Fsp3) is 0.250. The van der Waals surface area contributed by atoms with Crippen LogP contribution in [0.2, 0.25) is 0 Å². The molecule has 0 N–H and O–H groups in total. The summed E-state index contributed by atoms with van der Waals surface area (Å²) in [5.41, 5.74) is 1.000. The zero-order valence-corrected chi connectivity index (χ0v) is 16.2. The van der Waals surface area contributed by atoms with Crippen molar-refractivity contribution in [1.29, 1.82) is 0 Å². The molecule has 29 heavy (non-hydrogen) atoms. The number of imide groups is 2. The van der Waals surface area contributed by atoms with Gasteiger partial charge >= 0.3 is 17.8 Å². The number of carbonyl (C=O) groups excluding carboxylic acids is 5. The van der Waals surface area contributed by atoms with Crippen molar-refractivity contribution in [2.24, 2.45) is 0 Å². The molecule has 9 heteroatoms. The molecule has 2 fully saturated rings. The highest BCUT2D eigenvalue weighted by Crippen LogP contribution is 2.23. The second kappa shape index (κ2) is 7.59. The van der Waals surface area contributed by atoms with Crippen LogP contribution >= 0.6 is 11.3 Å². The predicted molar refractivity (Wildman–Crippen MR) is 104 cm³/mol. The first-order chi connectivity index (χ1) is 14.0. The molecule has 0 aliphatic carbocycles. The fourth-order valence-electron chi connectivity index (χ4n) is 3.37. The van der Waals surface area contributed by atoms with Gasteiger partial charge in [0.25, 0.3) is 0 Å². The molecule has 3 heterocycles. The number of hydrogen-bond donors (Lipinski definition) is 0. The third kappa shape index (κ3) is 3.56. The van der Waals surface area contributed by atoms with Gasteiger partial charge in [0.1, 0.15) is 0 Å². The van der Waals surface area contributed by atoms with E-state index in [-0.39, 0.29) is 12.5 Å². The average Bonchev–Trinajstić information content (AvgIpc) is 3.43. The minimum Gasteiger partial charge on any atom is -0.312 e. The molecule has 0 radical (unpaired) electrons. The lowest BCUT2D eigenvalue weighted by Crippen LogP contribution is -2.36. The standard InChI is InChI=1S/C20H17N3O5S/c24-16(13-5-7-14(8-6-13)21-9-1-4-17(21)25)12-23-19(27)18(26)22(20(23)28)11-15-3-2-10-29-15/h2-3,5-8,10H,1,4,9,11-12H2. The van der Waals surface area contributed by atoms with E-state index >= 15 is 0 Å². The lowest BCUT2D eigenvalue weighted by molar-refractivity contribution is -0.143. The topological polar surface area (TPSA) is 95.1 Å². The summed E-state index contributed by atoms with van der Waals surface area (Å²) in [5.74, 6) is -2.35. The molecule has 1 aromatic heterocycles. The van der Waals surface area contributed by atoms with Crippen LogP contribution in [0.25, 0.3) is 0 Å². The predicted octanol–water partition coefficient (Wildman–Crippen LogP) is 2.05. The van der Waals surface area contributed by atoms with Crippen LogP contribution in [0.1, 0.15) is 28.1 Å². The Morgan fingerprint density at radius 3 is 2.31 bits per heavy atom. The molecule has 0 saturated carbocycles. The lowest BCUT2D eigenvalue weighted by atomic mass is 10.1. The molecule has 0 unspecified atom stereocenters. The number of urea groups is 1. The number of hydrogen-bond acceptors (Lipinski definition) is 6. The molecule has 2 aliphatic heterocycles. The van der Waals surface area contributed by atoms with Crippen LogP contribution in [0.4, 0.5) is 10.5 Å². The van der Waals surface area contributed by atoms with Crippen LogP contribution in [0.5, 0.6) is 0 Å². The fourth-order valence-corrected chi connectivity index (χ4v) is 4.06. The highest BCUT2D eigenvalue weighted by Gasteiger charge is 2.45. The molecule has 1 aromatic carbocycles. The molecular formula is C20H17N3O5S. The van der Waals surface area contributed by atoms with Crippen molar-refractivity contribution in [2.45, 2.75) is 19.4 Å². The van der Waals surface area contributed by atoms with E-state index in [1.54, 1.807) is 41.3 Å². The van der Waals surface area contributed by atoms with Crippen LogP contribution < -0.4 is 4.90 Å². The van der Waals surface area contributed by atoms with Gasteiger partial charge in [0, 0.05) is 29.1 Å². The third-order valence-corrected chi connectivity index (χ3v) is 5.77. The molecule has 5 amide bonds. The average molecular weight is 411 g/mol. The van der Waals surface area contributed by atoms with Crippen molar-refractivity contribution < 1.29 is 24.0 Å². The Morgan fingerprint density at radius 1 is 0.966 bits per heavy atom. The summed E-state index contributed by atoms with van der Waals surface area (Å²) in [6.45, 7) is 0.141. The maximum atomic E-state index is 12.6. The second-order valence-corrected chi connectivity index (χ2v) is 7.80. The summed E-state index contributed by atoms with van der Waals surface area (Å²) in [5, 5.41) is 1.81. The van der Waals surface area contributed by atoms with Crippen LogP contribution in [0, 0.1) is 0 Å². The van der Waals surface area contributed by atoms with Crippen molar-refractivity contribution in [1.82, 2.24) is 9.80 Å². The summed E-state index contributed by atoms with van der Waals surface area (Å²) < 4.78 is 0. The first kappa shape index (κ1) is 19.0. The summed E-state index contributed by atoms with van der Waals surface area (Å²) in [4.78, 5) is 65.2. The first-order valence-corrected chi connectivity index (χ1v) is 9.97.